The van der Waals surface area contributed by atoms with E-state index in [-0.39, 0.29) is 5.82 Å². The molecule has 3 aromatic carbocycles. The van der Waals surface area contributed by atoms with Crippen LogP contribution in [0.4, 0.5) is 15.0 Å². The molecule has 0 saturated heterocycles. The summed E-state index contributed by atoms with van der Waals surface area (Å²) in [6, 6.07) is 27.1. The van der Waals surface area contributed by atoms with E-state index < -0.39 is 17.9 Å². The molecule has 8 nitrogen and oxygen atoms in total. The highest BCUT2D eigenvalue weighted by molar-refractivity contribution is 5.96. The number of fused-ring (bicyclic) bond motifs is 1. The lowest BCUT2D eigenvalue weighted by Gasteiger charge is -2.16. The van der Waals surface area contributed by atoms with E-state index in [2.05, 4.69) is 15.7 Å². The number of urea groups is 1. The number of primary amides is 1. The molecule has 0 aliphatic heterocycles. The van der Waals surface area contributed by atoms with Crippen LogP contribution in [0.2, 0.25) is 0 Å². The zero-order valence-electron chi connectivity index (χ0n) is 20.4. The number of carbonyl (C=O) groups excluding carboxylic acids is 2. The Balaban J connectivity index is 1.31. The van der Waals surface area contributed by atoms with Gasteiger partial charge in [0.05, 0.1) is 22.8 Å². The molecule has 1 atom stereocenters. The first-order valence-corrected chi connectivity index (χ1v) is 11.9. The minimum Gasteiger partial charge on any atom is -0.457 e. The molecule has 4 N–H and O–H groups in total. The minimum absolute atomic E-state index is 0.330. The quantitative estimate of drug-likeness (QED) is 0.250. The molecule has 38 heavy (non-hydrogen) atoms. The molecule has 9 heteroatoms. The monoisotopic (exact) mass is 509 g/mol. The van der Waals surface area contributed by atoms with Crippen LogP contribution in [-0.4, -0.2) is 21.6 Å². The third-order valence-electron chi connectivity index (χ3n) is 6.01. The van der Waals surface area contributed by atoms with Gasteiger partial charge in [-0.2, -0.15) is 0 Å². The van der Waals surface area contributed by atoms with E-state index in [0.29, 0.717) is 28.7 Å². The Hall–Kier alpha value is -5.18. The van der Waals surface area contributed by atoms with Crippen molar-refractivity contribution in [2.24, 2.45) is 5.73 Å². The van der Waals surface area contributed by atoms with E-state index in [1.54, 1.807) is 48.0 Å². The molecule has 2 heterocycles. The van der Waals surface area contributed by atoms with Crippen LogP contribution in [0.25, 0.3) is 22.2 Å². The van der Waals surface area contributed by atoms with Gasteiger partial charge in [0.1, 0.15) is 23.1 Å². The number of nitrogens with one attached hydrogen (secondary N) is 2. The van der Waals surface area contributed by atoms with Gasteiger partial charge in [0.25, 0.3) is 0 Å². The fourth-order valence-electron chi connectivity index (χ4n) is 4.01. The second-order valence-corrected chi connectivity index (χ2v) is 8.64. The van der Waals surface area contributed by atoms with E-state index in [1.807, 2.05) is 48.5 Å². The van der Waals surface area contributed by atoms with Gasteiger partial charge in [-0.3, -0.25) is 14.8 Å². The summed E-state index contributed by atoms with van der Waals surface area (Å²) in [5, 5.41) is 3.61. The normalized spacial score (nSPS) is 11.6. The molecule has 0 unspecified atom stereocenters. The average Bonchev–Trinajstić information content (AvgIpc) is 3.28. The van der Waals surface area contributed by atoms with Crippen molar-refractivity contribution in [2.45, 2.75) is 12.8 Å². The Kier molecular flexibility index (Phi) is 6.73. The highest BCUT2D eigenvalue weighted by atomic mass is 19.1. The third-order valence-corrected chi connectivity index (χ3v) is 6.01. The van der Waals surface area contributed by atoms with Crippen LogP contribution in [-0.2, 0) is 4.79 Å². The summed E-state index contributed by atoms with van der Waals surface area (Å²) in [6.45, 7) is 1.69. The van der Waals surface area contributed by atoms with Crippen molar-refractivity contribution in [1.29, 1.82) is 0 Å². The topological polar surface area (TPSA) is 111 Å². The number of halogens is 1. The van der Waals surface area contributed by atoms with Gasteiger partial charge in [0.2, 0.25) is 5.91 Å². The molecule has 3 amide bonds. The molecule has 0 aliphatic carbocycles. The lowest BCUT2D eigenvalue weighted by atomic mass is 10.1. The number of nitrogens with two attached hydrogens (primary N) is 1. The van der Waals surface area contributed by atoms with Crippen molar-refractivity contribution >= 4 is 28.7 Å². The lowest BCUT2D eigenvalue weighted by Crippen LogP contribution is -2.31. The Labute approximate surface area is 217 Å². The van der Waals surface area contributed by atoms with Crippen molar-refractivity contribution in [3.05, 3.63) is 109 Å². The first-order chi connectivity index (χ1) is 18.4. The number of benzene rings is 3. The first kappa shape index (κ1) is 24.5. The summed E-state index contributed by atoms with van der Waals surface area (Å²) in [5.74, 6) is 0.0158. The number of rotatable bonds is 7. The van der Waals surface area contributed by atoms with Crippen molar-refractivity contribution < 1.29 is 18.7 Å². The van der Waals surface area contributed by atoms with Gasteiger partial charge in [-0.1, -0.05) is 24.3 Å². The average molecular weight is 510 g/mol. The summed E-state index contributed by atoms with van der Waals surface area (Å²) in [7, 11) is 0. The molecule has 5 rings (SSSR count). The number of ether oxygens (including phenoxy) is 1. The molecular formula is C29H24FN5O3. The summed E-state index contributed by atoms with van der Waals surface area (Å²) in [4.78, 5) is 29.3. The van der Waals surface area contributed by atoms with Crippen LogP contribution < -0.4 is 21.2 Å². The van der Waals surface area contributed by atoms with Gasteiger partial charge in [0.15, 0.2) is 0 Å². The molecule has 0 fully saturated rings. The SMILES string of the molecule is C[C@@H](C(N)=O)c1cc2ccccc2n1NC(=O)Nc1cccc(-c2ccc(Oc3ccc(F)cc3)cc2)n1. The second kappa shape index (κ2) is 10.4. The molecule has 0 aliphatic rings. The number of anilines is 1. The Bertz CT molecular complexity index is 1610. The lowest BCUT2D eigenvalue weighted by molar-refractivity contribution is -0.119. The summed E-state index contributed by atoms with van der Waals surface area (Å²) in [5.41, 5.74) is 11.1. The first-order valence-electron chi connectivity index (χ1n) is 11.9. The van der Waals surface area contributed by atoms with Crippen LogP contribution in [0.15, 0.2) is 97.1 Å². The van der Waals surface area contributed by atoms with Crippen molar-refractivity contribution in [3.63, 3.8) is 0 Å². The Morgan fingerprint density at radius 1 is 0.921 bits per heavy atom. The number of nitrogens with zero attached hydrogens (tertiary/aromatic N) is 2. The van der Waals surface area contributed by atoms with E-state index >= 15 is 0 Å². The van der Waals surface area contributed by atoms with Gasteiger partial charge < -0.3 is 10.5 Å². The second-order valence-electron chi connectivity index (χ2n) is 8.64. The van der Waals surface area contributed by atoms with Crippen LogP contribution in [0.1, 0.15) is 18.5 Å². The standard InChI is InChI=1S/C29H24FN5O3/c1-18(28(31)36)26-17-20-5-2-3-7-25(20)35(26)34-29(37)33-27-8-4-6-24(32-27)19-9-13-22(14-10-19)38-23-15-11-21(30)12-16-23/h2-18H,1H3,(H2,31,36)(H2,32,33,34,37)/t18-/m1/s1. The molecule has 0 radical (unpaired) electrons. The van der Waals surface area contributed by atoms with Crippen LogP contribution in [0, 0.1) is 5.82 Å². The maximum atomic E-state index is 13.1. The van der Waals surface area contributed by atoms with Crippen LogP contribution in [0.5, 0.6) is 11.5 Å². The van der Waals surface area contributed by atoms with E-state index in [9.17, 15) is 14.0 Å². The van der Waals surface area contributed by atoms with E-state index in [0.717, 1.165) is 16.5 Å². The number of para-hydroxylation sites is 1. The van der Waals surface area contributed by atoms with Gasteiger partial charge in [-0.05, 0) is 79.7 Å². The molecule has 2 aromatic heterocycles. The van der Waals surface area contributed by atoms with Crippen LogP contribution in [0.3, 0.4) is 0 Å². The summed E-state index contributed by atoms with van der Waals surface area (Å²) < 4.78 is 20.4. The van der Waals surface area contributed by atoms with E-state index in [1.165, 1.54) is 12.1 Å². The molecule has 190 valence electrons. The predicted molar refractivity (Wildman–Crippen MR) is 144 cm³/mol. The minimum atomic E-state index is -0.612. The maximum absolute atomic E-state index is 13.1. The number of hydrogen-bond acceptors (Lipinski definition) is 4. The number of amides is 3. The highest BCUT2D eigenvalue weighted by Gasteiger charge is 2.20. The molecule has 5 aromatic rings. The van der Waals surface area contributed by atoms with Gasteiger partial charge in [0, 0.05) is 10.9 Å². The van der Waals surface area contributed by atoms with Crippen molar-refractivity contribution in [2.75, 3.05) is 10.7 Å². The molecule has 0 spiro atoms. The summed E-state index contributed by atoms with van der Waals surface area (Å²) >= 11 is 0. The van der Waals surface area contributed by atoms with Crippen LogP contribution >= 0.6 is 0 Å². The Morgan fingerprint density at radius 3 is 2.32 bits per heavy atom. The molecule has 0 bridgehead atoms. The zero-order valence-corrected chi connectivity index (χ0v) is 20.4. The van der Waals surface area contributed by atoms with Gasteiger partial charge in [-0.25, -0.2) is 19.6 Å². The van der Waals surface area contributed by atoms with Gasteiger partial charge in [-0.15, -0.1) is 0 Å². The van der Waals surface area contributed by atoms with Gasteiger partial charge >= 0.3 is 6.03 Å². The smallest absolute Gasteiger partial charge is 0.339 e. The number of aromatic nitrogens is 2. The molecule has 0 saturated carbocycles. The maximum Gasteiger partial charge on any atom is 0.339 e. The van der Waals surface area contributed by atoms with Crippen molar-refractivity contribution in [3.8, 4) is 22.8 Å². The fourth-order valence-corrected chi connectivity index (χ4v) is 4.01. The number of hydrogen-bond donors (Lipinski definition) is 3. The Morgan fingerprint density at radius 2 is 1.61 bits per heavy atom. The number of pyridine rings is 1. The molecular weight excluding hydrogens is 485 g/mol. The van der Waals surface area contributed by atoms with E-state index in [4.69, 9.17) is 10.5 Å². The largest absolute Gasteiger partial charge is 0.457 e. The fraction of sp³-hybridized carbons (Fsp3) is 0.0690. The predicted octanol–water partition coefficient (Wildman–Crippen LogP) is 6.00. The zero-order chi connectivity index (χ0) is 26.6. The third kappa shape index (κ3) is 5.31. The highest BCUT2D eigenvalue weighted by Crippen LogP contribution is 2.27. The summed E-state index contributed by atoms with van der Waals surface area (Å²) in [6.07, 6.45) is 0. The van der Waals surface area contributed by atoms with Crippen molar-refractivity contribution in [1.82, 2.24) is 9.66 Å². The number of carbonyl (C=O) groups is 2.